The number of hydrogen-bond donors (Lipinski definition) is 0. The Morgan fingerprint density at radius 1 is 0.350 bits per heavy atom. The van der Waals surface area contributed by atoms with Crippen molar-refractivity contribution < 1.29 is 37.0 Å². The van der Waals surface area contributed by atoms with Crippen molar-refractivity contribution in [1.29, 1.82) is 0 Å². The van der Waals surface area contributed by atoms with Gasteiger partial charge in [-0.3, -0.25) is 0 Å². The molecule has 0 N–H and O–H groups in total. The topological polar surface area (TPSA) is 83.1 Å². The van der Waals surface area contributed by atoms with Gasteiger partial charge in [0.05, 0.1) is 0 Å². The van der Waals surface area contributed by atoms with Crippen LogP contribution < -0.4 is 0 Å². The Kier molecular flexibility index (Phi) is 42.7. The molecule has 0 saturated heterocycles. The molecule has 242 valence electrons. The van der Waals surface area contributed by atoms with E-state index in [0.29, 0.717) is 0 Å². The molecule has 0 unspecified atom stereocenters. The van der Waals surface area contributed by atoms with Gasteiger partial charge in [-0.15, -0.1) is 0 Å². The van der Waals surface area contributed by atoms with Gasteiger partial charge in [-0.2, -0.15) is 0 Å². The van der Waals surface area contributed by atoms with Crippen LogP contribution in [0.5, 0.6) is 0 Å². The molecule has 40 heavy (non-hydrogen) atoms. The highest BCUT2D eigenvalue weighted by molar-refractivity contribution is 6.49. The molecule has 0 heterocycles. The third-order valence-electron chi connectivity index (χ3n) is 6.51. The van der Waals surface area contributed by atoms with Crippen molar-refractivity contribution >= 4 is 100 Å². The van der Waals surface area contributed by atoms with Gasteiger partial charge in [-0.05, 0) is 6.04 Å². The number of hydrogen-bond acceptors (Lipinski definition) is 9. The predicted molar refractivity (Wildman–Crippen MR) is 195 cm³/mol. The summed E-state index contributed by atoms with van der Waals surface area (Å²) in [5.41, 5.74) is 0. The first-order valence-corrected chi connectivity index (χ1v) is 27.7. The molecule has 9 nitrogen and oxygen atoms in total. The number of unbranched alkanes of at least 4 members (excludes halogenated alkanes) is 18. The normalized spacial score (nSPS) is 14.3. The molecule has 0 aromatic rings. The Balaban J connectivity index is 3.01. The average Bonchev–Trinajstić information content (AvgIpc) is 2.97. The van der Waals surface area contributed by atoms with E-state index < -0.39 is 80.1 Å². The van der Waals surface area contributed by atoms with Crippen LogP contribution in [0.25, 0.3) is 0 Å². The van der Waals surface area contributed by atoms with Gasteiger partial charge in [0.1, 0.15) is 20.2 Å². The molecule has 0 aliphatic heterocycles. The van der Waals surface area contributed by atoms with Gasteiger partial charge < -0.3 is 37.0 Å². The van der Waals surface area contributed by atoms with Crippen molar-refractivity contribution in [3.8, 4) is 0 Å². The summed E-state index contributed by atoms with van der Waals surface area (Å²) in [5.74, 6) is 0. The van der Waals surface area contributed by atoms with Crippen LogP contribution in [-0.2, 0) is 37.0 Å². The Labute approximate surface area is 271 Å². The lowest BCUT2D eigenvalue weighted by atomic mass is 10.0. The fourth-order valence-electron chi connectivity index (χ4n) is 4.25. The first kappa shape index (κ1) is 41.8. The molecule has 0 aliphatic rings. The standard InChI is InChI=1S/C21H64O9Si10/c1-2-3-4-5-6-7-8-9-10-11-12-13-14-15-16-17-18-19-20-21-32-23-34-25-36-27-38-29-40-30-39-28-37-26-35-24-33-22-31/h2-21,32-40H2,1,31H3. The molecule has 0 aliphatic carbocycles. The van der Waals surface area contributed by atoms with Gasteiger partial charge in [-0.1, -0.05) is 129 Å². The molecule has 0 amide bonds. The summed E-state index contributed by atoms with van der Waals surface area (Å²) in [6, 6.07) is 1.30. The van der Waals surface area contributed by atoms with Crippen LogP contribution in [0, 0.1) is 0 Å². The average molecular weight is 742 g/mol. The molecule has 0 atom stereocenters. The van der Waals surface area contributed by atoms with E-state index in [2.05, 4.69) is 6.92 Å². The molecule has 0 fully saturated rings. The maximum atomic E-state index is 5.82. The first-order chi connectivity index (χ1) is 19.9. The Morgan fingerprint density at radius 3 is 0.950 bits per heavy atom. The van der Waals surface area contributed by atoms with E-state index in [1.807, 2.05) is 0 Å². The third-order valence-corrected chi connectivity index (χ3v) is 19.4. The fraction of sp³-hybridized carbons (Fsp3) is 1.00. The van der Waals surface area contributed by atoms with Gasteiger partial charge >= 0.3 is 0 Å². The van der Waals surface area contributed by atoms with E-state index in [9.17, 15) is 0 Å². The second-order valence-electron chi connectivity index (χ2n) is 10.3. The monoisotopic (exact) mass is 740 g/mol. The Hall–Kier alpha value is 1.81. The predicted octanol–water partition coefficient (Wildman–Crippen LogP) is -1.66. The van der Waals surface area contributed by atoms with E-state index in [0.717, 1.165) is 10.5 Å². The molecule has 0 saturated carbocycles. The van der Waals surface area contributed by atoms with Gasteiger partial charge in [0.25, 0.3) is 80.1 Å². The summed E-state index contributed by atoms with van der Waals surface area (Å²) < 4.78 is 49.3. The van der Waals surface area contributed by atoms with Crippen LogP contribution in [0.2, 0.25) is 6.04 Å². The summed E-state index contributed by atoms with van der Waals surface area (Å²) >= 11 is 0. The van der Waals surface area contributed by atoms with Crippen LogP contribution in [0.3, 0.4) is 0 Å². The summed E-state index contributed by atoms with van der Waals surface area (Å²) in [6.07, 6.45) is 27.3. The summed E-state index contributed by atoms with van der Waals surface area (Å²) in [6.45, 7) is 2.30. The van der Waals surface area contributed by atoms with E-state index in [1.165, 1.54) is 128 Å². The number of rotatable bonds is 37. The minimum Gasteiger partial charge on any atom is -0.449 e. The van der Waals surface area contributed by atoms with E-state index >= 15 is 0 Å². The maximum Gasteiger partial charge on any atom is 0.286 e. The van der Waals surface area contributed by atoms with Crippen molar-refractivity contribution in [1.82, 2.24) is 0 Å². The van der Waals surface area contributed by atoms with Crippen LogP contribution in [0.1, 0.15) is 129 Å². The molecule has 0 aromatic heterocycles. The van der Waals surface area contributed by atoms with Gasteiger partial charge in [-0.25, -0.2) is 0 Å². The van der Waals surface area contributed by atoms with Crippen molar-refractivity contribution in [2.75, 3.05) is 0 Å². The smallest absolute Gasteiger partial charge is 0.286 e. The van der Waals surface area contributed by atoms with Crippen molar-refractivity contribution in [3.63, 3.8) is 0 Å². The van der Waals surface area contributed by atoms with E-state index in [-0.39, 0.29) is 9.76 Å². The van der Waals surface area contributed by atoms with Crippen LogP contribution in [0.15, 0.2) is 0 Å². The highest BCUT2D eigenvalue weighted by Crippen LogP contribution is 2.14. The molecule has 0 radical (unpaired) electrons. The van der Waals surface area contributed by atoms with E-state index in [1.54, 1.807) is 0 Å². The van der Waals surface area contributed by atoms with Crippen molar-refractivity contribution in [3.05, 3.63) is 0 Å². The minimum absolute atomic E-state index is 0.375. The second-order valence-corrected chi connectivity index (χ2v) is 28.7. The molecule has 0 aromatic carbocycles. The second kappa shape index (κ2) is 40.8. The fourth-order valence-corrected chi connectivity index (χ4v) is 20.9. The molecule has 0 spiro atoms. The lowest BCUT2D eigenvalue weighted by molar-refractivity contribution is 0.364. The quantitative estimate of drug-likeness (QED) is 0.0550. The molecule has 19 heteroatoms. The zero-order valence-corrected chi connectivity index (χ0v) is 40.9. The van der Waals surface area contributed by atoms with Crippen molar-refractivity contribution in [2.45, 2.75) is 135 Å². The zero-order chi connectivity index (χ0) is 28.9. The highest BCUT2D eigenvalue weighted by Gasteiger charge is 1.98. The molecule has 0 bridgehead atoms. The molecular weight excluding hydrogens is 677 g/mol. The van der Waals surface area contributed by atoms with Crippen LogP contribution >= 0.6 is 0 Å². The van der Waals surface area contributed by atoms with E-state index in [4.69, 9.17) is 37.0 Å². The summed E-state index contributed by atoms with van der Waals surface area (Å²) in [7, 11) is -6.67. The van der Waals surface area contributed by atoms with Gasteiger partial charge in [0.2, 0.25) is 0 Å². The lowest BCUT2D eigenvalue weighted by Crippen LogP contribution is -2.21. The SMILES string of the molecule is CCCCCCCCCCCCCCCCCCCCC[SiH2]O[SiH2]O[SiH2]O[SiH2]O[SiH2]O[SiH2]O[SiH2]O[SiH2]O[SiH2]O[SiH3]. The highest BCUT2D eigenvalue weighted by atomic mass is 28.4. The molecular formula is C21H64O9Si10. The minimum atomic E-state index is -0.945. The zero-order valence-electron chi connectivity index (χ0n) is 26.2. The Morgan fingerprint density at radius 2 is 0.625 bits per heavy atom. The largest absolute Gasteiger partial charge is 0.449 e. The maximum absolute atomic E-state index is 5.82. The third kappa shape index (κ3) is 39.8. The van der Waals surface area contributed by atoms with Gasteiger partial charge in [0.15, 0.2) is 0 Å². The van der Waals surface area contributed by atoms with Crippen LogP contribution in [-0.4, -0.2) is 100 Å². The lowest BCUT2D eigenvalue weighted by Gasteiger charge is -2.08. The van der Waals surface area contributed by atoms with Crippen molar-refractivity contribution in [2.24, 2.45) is 0 Å². The first-order valence-electron chi connectivity index (χ1n) is 16.0. The summed E-state index contributed by atoms with van der Waals surface area (Å²) in [5, 5.41) is 0. The summed E-state index contributed by atoms with van der Waals surface area (Å²) in [4.78, 5) is 0. The van der Waals surface area contributed by atoms with Gasteiger partial charge in [0, 0.05) is 0 Å². The Bertz CT molecular complexity index is 420. The van der Waals surface area contributed by atoms with Crippen LogP contribution in [0.4, 0.5) is 0 Å². The molecule has 0 rings (SSSR count).